The Hall–Kier alpha value is -1.35. The fourth-order valence-corrected chi connectivity index (χ4v) is 2.72. The number of nitrogens with zero attached hydrogens (tertiary/aromatic N) is 1. The fraction of sp³-hybridized carbons (Fsp3) is 0.562. The number of benzene rings is 1. The minimum absolute atomic E-state index is 0.262. The molecule has 0 bridgehead atoms. The summed E-state index contributed by atoms with van der Waals surface area (Å²) in [6.07, 6.45) is 1.60. The van der Waals surface area contributed by atoms with Crippen LogP contribution in [0.3, 0.4) is 0 Å². The summed E-state index contributed by atoms with van der Waals surface area (Å²) in [5.74, 6) is 0.885. The molecule has 1 atom stereocenters. The van der Waals surface area contributed by atoms with E-state index in [0.29, 0.717) is 18.4 Å². The monoisotopic (exact) mass is 260 g/mol. The molecule has 0 spiro atoms. The Labute approximate surface area is 116 Å². The second-order valence-electron chi connectivity index (χ2n) is 5.74. The van der Waals surface area contributed by atoms with E-state index >= 15 is 0 Å². The van der Waals surface area contributed by atoms with Crippen molar-refractivity contribution in [1.82, 2.24) is 10.2 Å². The van der Waals surface area contributed by atoms with E-state index in [0.717, 1.165) is 31.6 Å². The van der Waals surface area contributed by atoms with Gasteiger partial charge in [-0.3, -0.25) is 4.79 Å². The van der Waals surface area contributed by atoms with Crippen LogP contribution in [-0.2, 0) is 11.2 Å². The lowest BCUT2D eigenvalue weighted by Gasteiger charge is -2.37. The van der Waals surface area contributed by atoms with Crippen molar-refractivity contribution >= 4 is 5.91 Å². The minimum atomic E-state index is 0.262. The smallest absolute Gasteiger partial charge is 0.227 e. The molecule has 1 saturated heterocycles. The third-order valence-corrected chi connectivity index (χ3v) is 3.61. The van der Waals surface area contributed by atoms with Crippen LogP contribution in [-0.4, -0.2) is 36.5 Å². The normalized spacial score (nSPS) is 19.7. The summed E-state index contributed by atoms with van der Waals surface area (Å²) in [7, 11) is 0. The number of hydrogen-bond donors (Lipinski definition) is 1. The van der Waals surface area contributed by atoms with Gasteiger partial charge in [-0.2, -0.15) is 0 Å². The average Bonchev–Trinajstić information content (AvgIpc) is 2.39. The average molecular weight is 260 g/mol. The maximum atomic E-state index is 12.5. The van der Waals surface area contributed by atoms with Crippen LogP contribution in [0.2, 0.25) is 0 Å². The molecule has 2 rings (SSSR count). The highest BCUT2D eigenvalue weighted by atomic mass is 16.2. The number of carbonyl (C=O) groups excluding carboxylic acids is 1. The first-order chi connectivity index (χ1) is 9.16. The third-order valence-electron chi connectivity index (χ3n) is 3.61. The van der Waals surface area contributed by atoms with Crippen LogP contribution in [0.25, 0.3) is 0 Å². The Kier molecular flexibility index (Phi) is 4.97. The van der Waals surface area contributed by atoms with Gasteiger partial charge in [0.15, 0.2) is 0 Å². The Morgan fingerprint density at radius 2 is 2.11 bits per heavy atom. The van der Waals surface area contributed by atoms with Crippen molar-refractivity contribution in [3.05, 3.63) is 35.9 Å². The molecule has 1 aromatic carbocycles. The molecule has 1 N–H and O–H groups in total. The van der Waals surface area contributed by atoms with Gasteiger partial charge in [0.25, 0.3) is 0 Å². The van der Waals surface area contributed by atoms with Gasteiger partial charge in [0.2, 0.25) is 5.91 Å². The molecule has 0 radical (unpaired) electrons. The van der Waals surface area contributed by atoms with Crippen molar-refractivity contribution in [3.8, 4) is 0 Å². The number of rotatable bonds is 4. The number of amides is 1. The van der Waals surface area contributed by atoms with Gasteiger partial charge in [-0.25, -0.2) is 0 Å². The van der Waals surface area contributed by atoms with E-state index in [1.54, 1.807) is 0 Å². The van der Waals surface area contributed by atoms with Gasteiger partial charge in [-0.1, -0.05) is 44.2 Å². The predicted octanol–water partition coefficient (Wildman–Crippen LogP) is 2.08. The molecule has 0 saturated carbocycles. The number of nitrogens with one attached hydrogen (secondary N) is 1. The molecule has 1 fully saturated rings. The predicted molar refractivity (Wildman–Crippen MR) is 78.0 cm³/mol. The van der Waals surface area contributed by atoms with Crippen molar-refractivity contribution in [3.63, 3.8) is 0 Å². The van der Waals surface area contributed by atoms with Gasteiger partial charge in [0.1, 0.15) is 0 Å². The fourth-order valence-electron chi connectivity index (χ4n) is 2.72. The summed E-state index contributed by atoms with van der Waals surface area (Å²) in [4.78, 5) is 14.5. The molecular weight excluding hydrogens is 236 g/mol. The maximum Gasteiger partial charge on any atom is 0.227 e. The molecule has 1 heterocycles. The van der Waals surface area contributed by atoms with E-state index in [-0.39, 0.29) is 5.91 Å². The zero-order valence-electron chi connectivity index (χ0n) is 11.9. The first-order valence-electron chi connectivity index (χ1n) is 7.21. The van der Waals surface area contributed by atoms with Gasteiger partial charge in [0.05, 0.1) is 6.42 Å². The van der Waals surface area contributed by atoms with Crippen molar-refractivity contribution in [2.75, 3.05) is 19.6 Å². The lowest BCUT2D eigenvalue weighted by Crippen LogP contribution is -2.54. The first kappa shape index (κ1) is 14.1. The highest BCUT2D eigenvalue weighted by molar-refractivity contribution is 5.79. The standard InChI is InChI=1S/C16H24N2O/c1-13(2)10-15-12-17-8-9-18(15)16(19)11-14-6-4-3-5-7-14/h3-7,13,15,17H,8-12H2,1-2H3. The van der Waals surface area contributed by atoms with Crippen LogP contribution in [0.5, 0.6) is 0 Å². The molecule has 1 aliphatic heterocycles. The molecule has 1 unspecified atom stereocenters. The van der Waals surface area contributed by atoms with Gasteiger partial charge in [0, 0.05) is 25.7 Å². The van der Waals surface area contributed by atoms with E-state index < -0.39 is 0 Å². The van der Waals surface area contributed by atoms with Crippen molar-refractivity contribution in [2.24, 2.45) is 5.92 Å². The topological polar surface area (TPSA) is 32.3 Å². The first-order valence-corrected chi connectivity index (χ1v) is 7.21. The van der Waals surface area contributed by atoms with Crippen LogP contribution >= 0.6 is 0 Å². The molecule has 1 amide bonds. The summed E-state index contributed by atoms with van der Waals surface area (Å²) in [6, 6.07) is 10.4. The number of carbonyl (C=O) groups is 1. The second kappa shape index (κ2) is 6.71. The lowest BCUT2D eigenvalue weighted by molar-refractivity contribution is -0.134. The van der Waals surface area contributed by atoms with Crippen LogP contribution < -0.4 is 5.32 Å². The minimum Gasteiger partial charge on any atom is -0.337 e. The summed E-state index contributed by atoms with van der Waals surface area (Å²) in [5, 5.41) is 3.40. The largest absolute Gasteiger partial charge is 0.337 e. The van der Waals surface area contributed by atoms with Crippen LogP contribution in [0.15, 0.2) is 30.3 Å². The molecule has 0 aromatic heterocycles. The Balaban J connectivity index is 1.99. The molecular formula is C16H24N2O. The Morgan fingerprint density at radius 1 is 1.37 bits per heavy atom. The van der Waals surface area contributed by atoms with E-state index in [4.69, 9.17) is 0 Å². The van der Waals surface area contributed by atoms with Gasteiger partial charge in [-0.15, -0.1) is 0 Å². The zero-order chi connectivity index (χ0) is 13.7. The summed E-state index contributed by atoms with van der Waals surface area (Å²) < 4.78 is 0. The van der Waals surface area contributed by atoms with Gasteiger partial charge in [-0.05, 0) is 17.9 Å². The Bertz CT molecular complexity index is 402. The van der Waals surface area contributed by atoms with Crippen molar-refractivity contribution < 1.29 is 4.79 Å². The van der Waals surface area contributed by atoms with Crippen molar-refractivity contribution in [1.29, 1.82) is 0 Å². The molecule has 104 valence electrons. The molecule has 0 aliphatic carbocycles. The number of piperazine rings is 1. The van der Waals surface area contributed by atoms with Crippen LogP contribution in [0.4, 0.5) is 0 Å². The summed E-state index contributed by atoms with van der Waals surface area (Å²) in [6.45, 7) is 7.11. The van der Waals surface area contributed by atoms with Gasteiger partial charge >= 0.3 is 0 Å². The highest BCUT2D eigenvalue weighted by Crippen LogP contribution is 2.15. The molecule has 1 aliphatic rings. The maximum absolute atomic E-state index is 12.5. The SMILES string of the molecule is CC(C)CC1CNCCN1C(=O)Cc1ccccc1. The molecule has 3 heteroatoms. The van der Waals surface area contributed by atoms with E-state index in [1.807, 2.05) is 30.3 Å². The number of hydrogen-bond acceptors (Lipinski definition) is 2. The zero-order valence-corrected chi connectivity index (χ0v) is 11.9. The van der Waals surface area contributed by atoms with E-state index in [2.05, 4.69) is 24.1 Å². The van der Waals surface area contributed by atoms with E-state index in [9.17, 15) is 4.79 Å². The lowest BCUT2D eigenvalue weighted by atomic mass is 10.00. The van der Waals surface area contributed by atoms with Crippen LogP contribution in [0.1, 0.15) is 25.8 Å². The third kappa shape index (κ3) is 4.06. The molecule has 1 aromatic rings. The Morgan fingerprint density at radius 3 is 2.79 bits per heavy atom. The second-order valence-corrected chi connectivity index (χ2v) is 5.74. The van der Waals surface area contributed by atoms with Crippen molar-refractivity contribution in [2.45, 2.75) is 32.7 Å². The highest BCUT2D eigenvalue weighted by Gasteiger charge is 2.26. The quantitative estimate of drug-likeness (QED) is 0.899. The summed E-state index contributed by atoms with van der Waals surface area (Å²) >= 11 is 0. The molecule has 19 heavy (non-hydrogen) atoms. The van der Waals surface area contributed by atoms with Crippen LogP contribution in [0, 0.1) is 5.92 Å². The summed E-state index contributed by atoms with van der Waals surface area (Å²) in [5.41, 5.74) is 1.11. The van der Waals surface area contributed by atoms with Gasteiger partial charge < -0.3 is 10.2 Å². The molecule has 3 nitrogen and oxygen atoms in total. The van der Waals surface area contributed by atoms with E-state index in [1.165, 1.54) is 0 Å².